The molecule has 1 atom stereocenters. The molecule has 0 saturated carbocycles. The summed E-state index contributed by atoms with van der Waals surface area (Å²) in [6.45, 7) is 10.4. The quantitative estimate of drug-likeness (QED) is 0.725. The van der Waals surface area contributed by atoms with Gasteiger partial charge < -0.3 is 10.6 Å². The minimum absolute atomic E-state index is 0.350. The van der Waals surface area contributed by atoms with Crippen LogP contribution in [0.25, 0.3) is 0 Å². The normalized spacial score (nSPS) is 29.1. The van der Waals surface area contributed by atoms with E-state index in [0.717, 1.165) is 6.54 Å². The molecule has 1 unspecified atom stereocenters. The second-order valence-electron chi connectivity index (χ2n) is 5.00. The maximum Gasteiger partial charge on any atom is 0.0220 e. The van der Waals surface area contributed by atoms with Crippen molar-refractivity contribution in [2.45, 2.75) is 46.1 Å². The molecule has 1 aliphatic heterocycles. The first kappa shape index (κ1) is 11.0. The Morgan fingerprint density at radius 2 is 2.15 bits per heavy atom. The highest BCUT2D eigenvalue weighted by Crippen LogP contribution is 2.28. The Morgan fingerprint density at radius 3 is 2.69 bits per heavy atom. The van der Waals surface area contributed by atoms with Crippen molar-refractivity contribution in [2.24, 2.45) is 11.1 Å². The fourth-order valence-corrected chi connectivity index (χ4v) is 1.83. The molecule has 0 aromatic rings. The van der Waals surface area contributed by atoms with E-state index in [1.54, 1.807) is 0 Å². The Labute approximate surface area is 82.5 Å². The second-order valence-corrected chi connectivity index (χ2v) is 5.00. The van der Waals surface area contributed by atoms with Crippen LogP contribution in [0.4, 0.5) is 0 Å². The smallest absolute Gasteiger partial charge is 0.0220 e. The number of unbranched alkanes of at least 4 members (excludes halogenated alkanes) is 1. The lowest BCUT2D eigenvalue weighted by molar-refractivity contribution is 0.105. The van der Waals surface area contributed by atoms with E-state index in [1.165, 1.54) is 32.4 Å². The van der Waals surface area contributed by atoms with E-state index < -0.39 is 0 Å². The van der Waals surface area contributed by atoms with Crippen LogP contribution in [0.1, 0.15) is 40.0 Å². The maximum absolute atomic E-state index is 6.13. The van der Waals surface area contributed by atoms with Gasteiger partial charge >= 0.3 is 0 Å². The van der Waals surface area contributed by atoms with Crippen LogP contribution in [-0.4, -0.2) is 30.6 Å². The van der Waals surface area contributed by atoms with Crippen LogP contribution in [0.2, 0.25) is 0 Å². The summed E-state index contributed by atoms with van der Waals surface area (Å²) in [7, 11) is 0. The lowest BCUT2D eigenvalue weighted by atomic mass is 9.78. The molecule has 2 nitrogen and oxygen atoms in total. The van der Waals surface area contributed by atoms with Crippen LogP contribution in [0, 0.1) is 5.41 Å². The Hall–Kier alpha value is -0.0800. The first-order valence-electron chi connectivity index (χ1n) is 5.54. The maximum atomic E-state index is 6.13. The van der Waals surface area contributed by atoms with Gasteiger partial charge in [-0.15, -0.1) is 0 Å². The van der Waals surface area contributed by atoms with Crippen LogP contribution in [0.3, 0.4) is 0 Å². The third-order valence-corrected chi connectivity index (χ3v) is 3.36. The highest BCUT2D eigenvalue weighted by atomic mass is 15.1. The van der Waals surface area contributed by atoms with Gasteiger partial charge in [-0.2, -0.15) is 0 Å². The van der Waals surface area contributed by atoms with E-state index in [9.17, 15) is 0 Å². The second kappa shape index (κ2) is 4.43. The summed E-state index contributed by atoms with van der Waals surface area (Å²) in [5, 5.41) is 0. The molecular formula is C11H24N2. The molecule has 0 bridgehead atoms. The topological polar surface area (TPSA) is 29.3 Å². The number of rotatable bonds is 3. The highest BCUT2D eigenvalue weighted by Gasteiger charge is 2.32. The van der Waals surface area contributed by atoms with Crippen LogP contribution < -0.4 is 5.73 Å². The molecule has 0 aromatic carbocycles. The van der Waals surface area contributed by atoms with Crippen molar-refractivity contribution < 1.29 is 0 Å². The number of likely N-dealkylation sites (tertiary alicyclic amines) is 1. The first-order valence-corrected chi connectivity index (χ1v) is 5.54. The molecular weight excluding hydrogens is 160 g/mol. The summed E-state index contributed by atoms with van der Waals surface area (Å²) in [6.07, 6.45) is 3.85. The van der Waals surface area contributed by atoms with Gasteiger partial charge in [-0.25, -0.2) is 0 Å². The van der Waals surface area contributed by atoms with Gasteiger partial charge in [0.2, 0.25) is 0 Å². The highest BCUT2D eigenvalue weighted by molar-refractivity contribution is 4.89. The average molecular weight is 184 g/mol. The Morgan fingerprint density at radius 1 is 1.46 bits per heavy atom. The van der Waals surface area contributed by atoms with Gasteiger partial charge in [-0.1, -0.05) is 27.2 Å². The molecule has 78 valence electrons. The van der Waals surface area contributed by atoms with Crippen molar-refractivity contribution in [1.29, 1.82) is 0 Å². The minimum atomic E-state index is 0.350. The van der Waals surface area contributed by atoms with E-state index in [2.05, 4.69) is 25.7 Å². The van der Waals surface area contributed by atoms with E-state index >= 15 is 0 Å². The van der Waals surface area contributed by atoms with Gasteiger partial charge in [-0.05, 0) is 31.3 Å². The van der Waals surface area contributed by atoms with Crippen molar-refractivity contribution >= 4 is 0 Å². The van der Waals surface area contributed by atoms with Gasteiger partial charge in [-0.3, -0.25) is 0 Å². The largest absolute Gasteiger partial charge is 0.326 e. The minimum Gasteiger partial charge on any atom is -0.326 e. The van der Waals surface area contributed by atoms with Crippen molar-refractivity contribution in [2.75, 3.05) is 19.6 Å². The molecule has 1 rings (SSSR count). The van der Waals surface area contributed by atoms with Crippen molar-refractivity contribution in [3.8, 4) is 0 Å². The number of nitrogens with zero attached hydrogens (tertiary/aromatic N) is 1. The number of piperidine rings is 1. The molecule has 13 heavy (non-hydrogen) atoms. The lowest BCUT2D eigenvalue weighted by Gasteiger charge is -2.42. The fourth-order valence-electron chi connectivity index (χ4n) is 1.83. The molecule has 0 aromatic heterocycles. The van der Waals surface area contributed by atoms with Gasteiger partial charge in [0.05, 0.1) is 0 Å². The van der Waals surface area contributed by atoms with E-state index in [-0.39, 0.29) is 0 Å². The Bertz CT molecular complexity index is 154. The third-order valence-electron chi connectivity index (χ3n) is 3.36. The van der Waals surface area contributed by atoms with E-state index in [0.29, 0.717) is 11.5 Å². The third kappa shape index (κ3) is 2.96. The Kier molecular flexibility index (Phi) is 3.74. The summed E-state index contributed by atoms with van der Waals surface area (Å²) < 4.78 is 0. The SMILES string of the molecule is CCCCN1CCC(C)(C)C(N)C1. The summed E-state index contributed by atoms with van der Waals surface area (Å²) in [6, 6.07) is 0.359. The predicted octanol–water partition coefficient (Wildman–Crippen LogP) is 1.85. The summed E-state index contributed by atoms with van der Waals surface area (Å²) in [5.41, 5.74) is 6.48. The van der Waals surface area contributed by atoms with Gasteiger partial charge in [0.25, 0.3) is 0 Å². The molecule has 1 fully saturated rings. The van der Waals surface area contributed by atoms with Crippen LogP contribution >= 0.6 is 0 Å². The summed E-state index contributed by atoms with van der Waals surface area (Å²) in [5.74, 6) is 0. The molecule has 1 saturated heterocycles. The van der Waals surface area contributed by atoms with Crippen LogP contribution in [0.15, 0.2) is 0 Å². The van der Waals surface area contributed by atoms with Crippen LogP contribution in [-0.2, 0) is 0 Å². The van der Waals surface area contributed by atoms with Gasteiger partial charge in [0.1, 0.15) is 0 Å². The van der Waals surface area contributed by atoms with Crippen molar-refractivity contribution in [3.05, 3.63) is 0 Å². The van der Waals surface area contributed by atoms with E-state index in [1.807, 2.05) is 0 Å². The fraction of sp³-hybridized carbons (Fsp3) is 1.00. The molecule has 0 aliphatic carbocycles. The molecule has 2 N–H and O–H groups in total. The molecule has 1 aliphatic rings. The lowest BCUT2D eigenvalue weighted by Crippen LogP contribution is -2.52. The van der Waals surface area contributed by atoms with Gasteiger partial charge in [0, 0.05) is 12.6 Å². The number of nitrogens with two attached hydrogens (primary N) is 1. The zero-order chi connectivity index (χ0) is 9.90. The molecule has 1 heterocycles. The Balaban J connectivity index is 2.33. The average Bonchev–Trinajstić information content (AvgIpc) is 2.07. The summed E-state index contributed by atoms with van der Waals surface area (Å²) in [4.78, 5) is 2.51. The molecule has 0 amide bonds. The molecule has 0 radical (unpaired) electrons. The number of hydrogen-bond acceptors (Lipinski definition) is 2. The van der Waals surface area contributed by atoms with Crippen molar-refractivity contribution in [3.63, 3.8) is 0 Å². The summed E-state index contributed by atoms with van der Waals surface area (Å²) >= 11 is 0. The van der Waals surface area contributed by atoms with Crippen LogP contribution in [0.5, 0.6) is 0 Å². The predicted molar refractivity (Wildman–Crippen MR) is 57.7 cm³/mol. The zero-order valence-electron chi connectivity index (χ0n) is 9.34. The monoisotopic (exact) mass is 184 g/mol. The zero-order valence-corrected chi connectivity index (χ0v) is 9.34. The van der Waals surface area contributed by atoms with E-state index in [4.69, 9.17) is 5.73 Å². The molecule has 0 spiro atoms. The number of hydrogen-bond donors (Lipinski definition) is 1. The first-order chi connectivity index (χ1) is 6.06. The standard InChI is InChI=1S/C11H24N2/c1-4-5-7-13-8-6-11(2,3)10(12)9-13/h10H,4-9,12H2,1-3H3. The van der Waals surface area contributed by atoms with Gasteiger partial charge in [0.15, 0.2) is 0 Å². The van der Waals surface area contributed by atoms with Crippen molar-refractivity contribution in [1.82, 2.24) is 4.90 Å². The molecule has 2 heteroatoms.